The Labute approximate surface area is 163 Å². The monoisotopic (exact) mass is 382 g/mol. The van der Waals surface area contributed by atoms with Gasteiger partial charge in [0.05, 0.1) is 0 Å². The zero-order chi connectivity index (χ0) is 19.6. The second-order valence-corrected chi connectivity index (χ2v) is 9.61. The van der Waals surface area contributed by atoms with Crippen molar-refractivity contribution in [3.8, 4) is 0 Å². The summed E-state index contributed by atoms with van der Waals surface area (Å²) in [6, 6.07) is 2.13. The Morgan fingerprint density at radius 2 is 1.26 bits per heavy atom. The fraction of sp³-hybridized carbons (Fsp3) is 0.947. The van der Waals surface area contributed by atoms with E-state index in [0.29, 0.717) is 24.2 Å². The number of carbonyl (C=O) groups excluding carboxylic acids is 1. The molecule has 4 heterocycles. The van der Waals surface area contributed by atoms with Gasteiger partial charge in [0, 0.05) is 76.5 Å². The van der Waals surface area contributed by atoms with Crippen LogP contribution < -0.4 is 16.0 Å². The summed E-state index contributed by atoms with van der Waals surface area (Å²) in [5.74, 6) is 0. The first-order valence-corrected chi connectivity index (χ1v) is 10.3. The summed E-state index contributed by atoms with van der Waals surface area (Å²) in [6.07, 6.45) is -0.182. The molecule has 156 valence electrons. The van der Waals surface area contributed by atoms with Crippen molar-refractivity contribution in [2.24, 2.45) is 0 Å². The Bertz CT molecular complexity index is 477. The van der Waals surface area contributed by atoms with Gasteiger partial charge >= 0.3 is 6.09 Å². The van der Waals surface area contributed by atoms with Crippen LogP contribution in [-0.2, 0) is 4.74 Å². The Balaban J connectivity index is 0.000000177. The molecule has 4 aliphatic heterocycles. The smallest absolute Gasteiger partial charge is 0.410 e. The third-order valence-corrected chi connectivity index (χ3v) is 5.39. The molecule has 4 bridgehead atoms. The first-order valence-electron chi connectivity index (χ1n) is 10.3. The van der Waals surface area contributed by atoms with E-state index in [4.69, 9.17) is 4.74 Å². The van der Waals surface area contributed by atoms with Gasteiger partial charge in [0.2, 0.25) is 0 Å². The van der Waals surface area contributed by atoms with Crippen LogP contribution in [0.4, 0.5) is 4.79 Å². The van der Waals surface area contributed by atoms with Crippen LogP contribution in [0.1, 0.15) is 20.8 Å². The summed E-state index contributed by atoms with van der Waals surface area (Å²) >= 11 is 0. The molecule has 4 saturated heterocycles. The Hall–Kier alpha value is -0.930. The van der Waals surface area contributed by atoms with Crippen molar-refractivity contribution in [3.05, 3.63) is 0 Å². The maximum absolute atomic E-state index is 12.0. The Morgan fingerprint density at radius 1 is 0.815 bits per heavy atom. The molecule has 0 aromatic carbocycles. The van der Waals surface area contributed by atoms with Crippen molar-refractivity contribution in [2.45, 2.75) is 50.5 Å². The lowest BCUT2D eigenvalue weighted by molar-refractivity contribution is 0.00587. The van der Waals surface area contributed by atoms with E-state index in [1.807, 2.05) is 25.7 Å². The van der Waals surface area contributed by atoms with Gasteiger partial charge in [-0.1, -0.05) is 0 Å². The number of rotatable bonds is 0. The van der Waals surface area contributed by atoms with E-state index in [0.717, 1.165) is 39.3 Å². The summed E-state index contributed by atoms with van der Waals surface area (Å²) in [7, 11) is 4.33. The van der Waals surface area contributed by atoms with E-state index in [1.54, 1.807) is 0 Å². The van der Waals surface area contributed by atoms with Gasteiger partial charge in [-0.15, -0.1) is 0 Å². The SMILES string of the molecule is CN1CC2CN(C(=O)OC(C)(C)C)CC(C1)N2.CN1CC2CNCC(C1)N2. The molecule has 3 N–H and O–H groups in total. The number of ether oxygens (including phenoxy) is 1. The van der Waals surface area contributed by atoms with Gasteiger partial charge in [-0.3, -0.25) is 0 Å². The zero-order valence-corrected chi connectivity index (χ0v) is 17.6. The first-order chi connectivity index (χ1) is 12.7. The quantitative estimate of drug-likeness (QED) is 0.515. The normalized spacial score (nSPS) is 34.5. The highest BCUT2D eigenvalue weighted by atomic mass is 16.6. The molecule has 4 unspecified atom stereocenters. The fourth-order valence-electron chi connectivity index (χ4n) is 4.51. The maximum atomic E-state index is 12.0. The highest BCUT2D eigenvalue weighted by Crippen LogP contribution is 2.16. The molecule has 8 nitrogen and oxygen atoms in total. The standard InChI is InChI=1S/C12H23N3O2.C7H15N3/c1-12(2,3)17-11(16)15-7-9-5-14(4)6-10(8-15)13-9;1-10-4-6-2-8-3-7(5-10)9-6/h9-10,13H,5-8H2,1-4H3;6-9H,2-5H2,1H3. The molecule has 0 aromatic heterocycles. The molecule has 0 spiro atoms. The van der Waals surface area contributed by atoms with Crippen molar-refractivity contribution in [2.75, 3.05) is 66.5 Å². The minimum atomic E-state index is -0.409. The average molecular weight is 383 g/mol. The van der Waals surface area contributed by atoms with E-state index in [2.05, 4.69) is 39.8 Å². The van der Waals surface area contributed by atoms with E-state index < -0.39 is 5.60 Å². The minimum absolute atomic E-state index is 0.182. The number of hydrogen-bond donors (Lipinski definition) is 3. The molecule has 0 saturated carbocycles. The van der Waals surface area contributed by atoms with Crippen molar-refractivity contribution < 1.29 is 9.53 Å². The first kappa shape index (κ1) is 20.8. The Morgan fingerprint density at radius 3 is 1.74 bits per heavy atom. The summed E-state index contributed by atoms with van der Waals surface area (Å²) < 4.78 is 5.41. The van der Waals surface area contributed by atoms with Gasteiger partial charge in [0.15, 0.2) is 0 Å². The summed E-state index contributed by atoms with van der Waals surface area (Å²) in [4.78, 5) is 18.6. The van der Waals surface area contributed by atoms with E-state index >= 15 is 0 Å². The molecular formula is C19H38N6O2. The van der Waals surface area contributed by atoms with Crippen molar-refractivity contribution in [1.29, 1.82) is 0 Å². The van der Waals surface area contributed by atoms with Gasteiger partial charge in [0.1, 0.15) is 5.60 Å². The molecule has 4 atom stereocenters. The third kappa shape index (κ3) is 6.29. The van der Waals surface area contributed by atoms with Crippen molar-refractivity contribution >= 4 is 6.09 Å². The predicted octanol–water partition coefficient (Wildman–Crippen LogP) is -0.629. The third-order valence-electron chi connectivity index (χ3n) is 5.39. The number of fused-ring (bicyclic) bond motifs is 4. The highest BCUT2D eigenvalue weighted by molar-refractivity contribution is 5.68. The number of nitrogens with zero attached hydrogens (tertiary/aromatic N) is 3. The molecule has 0 aliphatic carbocycles. The summed E-state index contributed by atoms with van der Waals surface area (Å²) in [6.45, 7) is 13.9. The second-order valence-electron chi connectivity index (χ2n) is 9.61. The molecule has 27 heavy (non-hydrogen) atoms. The number of piperazine rings is 4. The maximum Gasteiger partial charge on any atom is 0.410 e. The van der Waals surface area contributed by atoms with Crippen LogP contribution in [0.2, 0.25) is 0 Å². The van der Waals surface area contributed by atoms with Gasteiger partial charge in [-0.25, -0.2) is 4.79 Å². The molecule has 0 aromatic rings. The van der Waals surface area contributed by atoms with E-state index in [9.17, 15) is 4.79 Å². The van der Waals surface area contributed by atoms with Gasteiger partial charge < -0.3 is 35.4 Å². The van der Waals surface area contributed by atoms with E-state index in [1.165, 1.54) is 13.1 Å². The van der Waals surface area contributed by atoms with Crippen LogP contribution in [0.5, 0.6) is 0 Å². The number of likely N-dealkylation sites (N-methyl/N-ethyl adjacent to an activating group) is 2. The van der Waals surface area contributed by atoms with Gasteiger partial charge in [0.25, 0.3) is 0 Å². The van der Waals surface area contributed by atoms with Crippen molar-refractivity contribution in [1.82, 2.24) is 30.7 Å². The molecule has 4 fully saturated rings. The average Bonchev–Trinajstić information content (AvgIpc) is 2.52. The van der Waals surface area contributed by atoms with Gasteiger partial charge in [-0.05, 0) is 34.9 Å². The second kappa shape index (κ2) is 8.61. The predicted molar refractivity (Wildman–Crippen MR) is 107 cm³/mol. The molecule has 1 amide bonds. The van der Waals surface area contributed by atoms with E-state index in [-0.39, 0.29) is 6.09 Å². The summed E-state index contributed by atoms with van der Waals surface area (Å²) in [5, 5.41) is 10.5. The topological polar surface area (TPSA) is 72.1 Å². The van der Waals surface area contributed by atoms with Crippen LogP contribution in [-0.4, -0.2) is 117 Å². The zero-order valence-electron chi connectivity index (χ0n) is 17.6. The van der Waals surface area contributed by atoms with Gasteiger partial charge in [-0.2, -0.15) is 0 Å². The molecular weight excluding hydrogens is 344 g/mol. The minimum Gasteiger partial charge on any atom is -0.444 e. The number of amides is 1. The van der Waals surface area contributed by atoms with Crippen LogP contribution in [0, 0.1) is 0 Å². The Kier molecular flexibility index (Phi) is 6.63. The van der Waals surface area contributed by atoms with Crippen molar-refractivity contribution in [3.63, 3.8) is 0 Å². The highest BCUT2D eigenvalue weighted by Gasteiger charge is 2.35. The van der Waals surface area contributed by atoms with Crippen LogP contribution >= 0.6 is 0 Å². The molecule has 4 aliphatic rings. The number of hydrogen-bond acceptors (Lipinski definition) is 7. The summed E-state index contributed by atoms with van der Waals surface area (Å²) in [5.41, 5.74) is -0.409. The molecule has 4 rings (SSSR count). The lowest BCUT2D eigenvalue weighted by Crippen LogP contribution is -2.67. The molecule has 0 radical (unpaired) electrons. The number of nitrogens with one attached hydrogen (secondary N) is 3. The fourth-order valence-corrected chi connectivity index (χ4v) is 4.51. The lowest BCUT2D eigenvalue weighted by Gasteiger charge is -2.45. The largest absolute Gasteiger partial charge is 0.444 e. The van der Waals surface area contributed by atoms with Crippen LogP contribution in [0.15, 0.2) is 0 Å². The molecule has 8 heteroatoms. The lowest BCUT2D eigenvalue weighted by atomic mass is 10.0. The number of carbonyl (C=O) groups is 1. The van der Waals surface area contributed by atoms with Crippen LogP contribution in [0.25, 0.3) is 0 Å². The van der Waals surface area contributed by atoms with Crippen LogP contribution in [0.3, 0.4) is 0 Å².